The number of carbonyl (C=O) groups is 5. The Morgan fingerprint density at radius 3 is 2.59 bits per heavy atom. The molecule has 1 aromatic carbocycles. The maximum atomic E-state index is 15.1. The lowest BCUT2D eigenvalue weighted by Gasteiger charge is -2.27. The molecule has 3 heterocycles. The first-order valence-electron chi connectivity index (χ1n) is 11.7. The molecule has 0 unspecified atom stereocenters. The van der Waals surface area contributed by atoms with Gasteiger partial charge in [0.15, 0.2) is 0 Å². The maximum Gasteiger partial charge on any atom is 0.414 e. The third-order valence-corrected chi connectivity index (χ3v) is 7.14. The van der Waals surface area contributed by atoms with E-state index in [9.17, 15) is 24.0 Å². The number of cyclic esters (lactones) is 1. The van der Waals surface area contributed by atoms with Crippen molar-refractivity contribution in [1.82, 2.24) is 9.80 Å². The lowest BCUT2D eigenvalue weighted by molar-refractivity contribution is -0.139. The van der Waals surface area contributed by atoms with Crippen LogP contribution in [-0.4, -0.2) is 104 Å². The summed E-state index contributed by atoms with van der Waals surface area (Å²) in [5, 5.41) is 8.98. The third-order valence-electron chi connectivity index (χ3n) is 5.92. The van der Waals surface area contributed by atoms with Crippen LogP contribution in [0.3, 0.4) is 0 Å². The molecular weight excluding hydrogens is 559 g/mol. The van der Waals surface area contributed by atoms with Crippen LogP contribution in [0.5, 0.6) is 0 Å². The molecule has 4 rings (SSSR count). The number of carboxylic acid groups (broad SMARTS) is 1. The van der Waals surface area contributed by atoms with Crippen LogP contribution in [0.4, 0.5) is 20.6 Å². The van der Waals surface area contributed by atoms with Gasteiger partial charge >= 0.3 is 12.1 Å². The Balaban J connectivity index is 1.50. The summed E-state index contributed by atoms with van der Waals surface area (Å²) in [6.07, 6.45) is -1.87. The van der Waals surface area contributed by atoms with Crippen LogP contribution in [-0.2, 0) is 23.9 Å². The summed E-state index contributed by atoms with van der Waals surface area (Å²) in [5.41, 5.74) is 0.221. The van der Waals surface area contributed by atoms with Gasteiger partial charge in [-0.3, -0.25) is 33.9 Å². The zero-order valence-corrected chi connectivity index (χ0v) is 22.2. The van der Waals surface area contributed by atoms with E-state index in [1.165, 1.54) is 41.1 Å². The van der Waals surface area contributed by atoms with Crippen LogP contribution in [0.15, 0.2) is 30.3 Å². The predicted octanol–water partition coefficient (Wildman–Crippen LogP) is 1.91. The van der Waals surface area contributed by atoms with Crippen LogP contribution in [0.25, 0.3) is 0 Å². The van der Waals surface area contributed by atoms with Gasteiger partial charge in [-0.25, -0.2) is 9.18 Å². The largest absolute Gasteiger partial charge is 0.480 e. The fourth-order valence-corrected chi connectivity index (χ4v) is 5.15. The van der Waals surface area contributed by atoms with Crippen molar-refractivity contribution in [3.8, 4) is 0 Å². The number of benzene rings is 1. The van der Waals surface area contributed by atoms with Gasteiger partial charge in [0.25, 0.3) is 11.8 Å². The van der Waals surface area contributed by atoms with E-state index >= 15 is 4.39 Å². The molecular formula is C24H24ClFN4O8S. The van der Waals surface area contributed by atoms with E-state index in [2.05, 4.69) is 0 Å². The number of thiophene rings is 1. The molecule has 2 aliphatic heterocycles. The van der Waals surface area contributed by atoms with Crippen molar-refractivity contribution in [1.29, 1.82) is 0 Å². The minimum Gasteiger partial charge on any atom is -0.480 e. The molecule has 0 bridgehead atoms. The van der Waals surface area contributed by atoms with E-state index in [0.717, 1.165) is 27.2 Å². The number of amides is 4. The van der Waals surface area contributed by atoms with E-state index in [1.54, 1.807) is 0 Å². The molecule has 0 aliphatic carbocycles. The Morgan fingerprint density at radius 1 is 1.18 bits per heavy atom. The molecule has 2 aliphatic rings. The summed E-state index contributed by atoms with van der Waals surface area (Å²) in [5.74, 6) is -3.64. The first-order valence-corrected chi connectivity index (χ1v) is 12.9. The monoisotopic (exact) mass is 582 g/mol. The first kappa shape index (κ1) is 28.4. The van der Waals surface area contributed by atoms with Gasteiger partial charge in [0.1, 0.15) is 18.5 Å². The molecule has 1 aromatic heterocycles. The quantitative estimate of drug-likeness (QED) is 0.470. The highest BCUT2D eigenvalue weighted by atomic mass is 35.5. The summed E-state index contributed by atoms with van der Waals surface area (Å²) in [7, 11) is 1.41. The van der Waals surface area contributed by atoms with Crippen LogP contribution in [0, 0.1) is 5.82 Å². The zero-order chi connectivity index (χ0) is 28.3. The maximum absolute atomic E-state index is 15.1. The second-order valence-corrected chi connectivity index (χ2v) is 10.5. The normalized spacial score (nSPS) is 17.5. The fraction of sp³-hybridized carbons (Fsp3) is 0.375. The fourth-order valence-electron chi connectivity index (χ4n) is 4.15. The third kappa shape index (κ3) is 6.71. The number of rotatable bonds is 9. The van der Waals surface area contributed by atoms with Crippen molar-refractivity contribution in [3.05, 3.63) is 45.4 Å². The molecule has 1 N–H and O–H groups in total. The van der Waals surface area contributed by atoms with E-state index in [0.29, 0.717) is 16.6 Å². The van der Waals surface area contributed by atoms with Crippen LogP contribution in [0.2, 0.25) is 4.34 Å². The number of carbonyl (C=O) groups excluding carboxylic acids is 4. The minimum atomic E-state index is -1.15. The van der Waals surface area contributed by atoms with E-state index in [4.69, 9.17) is 26.2 Å². The van der Waals surface area contributed by atoms with Gasteiger partial charge < -0.3 is 19.5 Å². The molecule has 15 heteroatoms. The van der Waals surface area contributed by atoms with Gasteiger partial charge in [-0.15, -0.1) is 11.3 Å². The number of likely N-dealkylation sites (N-methyl/N-ethyl adjacent to an activating group) is 1. The van der Waals surface area contributed by atoms with Gasteiger partial charge in [0, 0.05) is 12.2 Å². The summed E-state index contributed by atoms with van der Waals surface area (Å²) in [6.45, 7) is -0.875. The van der Waals surface area contributed by atoms with E-state index < -0.39 is 48.9 Å². The summed E-state index contributed by atoms with van der Waals surface area (Å²) < 4.78 is 25.8. The van der Waals surface area contributed by atoms with E-state index in [-0.39, 0.29) is 42.7 Å². The molecule has 2 aromatic rings. The standard InChI is InChI=1S/C24H24ClFN4O8S/c1-27(12-22(33)34)11-20(31)30(23(35)18-4-5-19(25)39-18)10-15-9-29(24(36)38-15)17-3-2-14(8-16(17)26)28-6-7-37-13-21(28)32/h2-5,8,15H,6-7,9-13H2,1H3,(H,33,34)/t15-/m1/s1. The van der Waals surface area contributed by atoms with Crippen LogP contribution in [0.1, 0.15) is 9.67 Å². The van der Waals surface area contributed by atoms with Crippen LogP contribution < -0.4 is 9.80 Å². The Hall–Kier alpha value is -3.59. The van der Waals surface area contributed by atoms with Gasteiger partial charge in [-0.05, 0) is 37.4 Å². The molecule has 39 heavy (non-hydrogen) atoms. The molecule has 0 saturated carbocycles. The van der Waals surface area contributed by atoms with Crippen molar-refractivity contribution in [2.45, 2.75) is 6.10 Å². The van der Waals surface area contributed by atoms with Crippen molar-refractivity contribution >= 4 is 64.1 Å². The molecule has 2 saturated heterocycles. The van der Waals surface area contributed by atoms with Crippen molar-refractivity contribution in [3.63, 3.8) is 0 Å². The molecule has 208 valence electrons. The number of aliphatic carboxylic acids is 1. The predicted molar refractivity (Wildman–Crippen MR) is 138 cm³/mol. The van der Waals surface area contributed by atoms with Crippen molar-refractivity contribution in [2.24, 2.45) is 0 Å². The molecule has 2 fully saturated rings. The Morgan fingerprint density at radius 2 is 1.95 bits per heavy atom. The van der Waals surface area contributed by atoms with Crippen molar-refractivity contribution in [2.75, 3.05) is 62.8 Å². The number of imide groups is 1. The molecule has 0 spiro atoms. The van der Waals surface area contributed by atoms with Crippen LogP contribution >= 0.6 is 22.9 Å². The highest BCUT2D eigenvalue weighted by Crippen LogP contribution is 2.30. The van der Waals surface area contributed by atoms with Gasteiger partial charge in [-0.2, -0.15) is 0 Å². The van der Waals surface area contributed by atoms with E-state index in [1.807, 2.05) is 0 Å². The highest BCUT2D eigenvalue weighted by Gasteiger charge is 2.38. The number of hydrogen-bond donors (Lipinski definition) is 1. The number of morpholine rings is 1. The second kappa shape index (κ2) is 12.1. The number of anilines is 2. The zero-order valence-electron chi connectivity index (χ0n) is 20.7. The number of carboxylic acids is 1. The highest BCUT2D eigenvalue weighted by molar-refractivity contribution is 7.18. The lowest BCUT2D eigenvalue weighted by atomic mass is 10.2. The topological polar surface area (TPSA) is 137 Å². The smallest absolute Gasteiger partial charge is 0.414 e. The number of ether oxygens (including phenoxy) is 2. The molecule has 4 amide bonds. The Bertz CT molecular complexity index is 1310. The molecule has 12 nitrogen and oxygen atoms in total. The summed E-state index contributed by atoms with van der Waals surface area (Å²) in [4.78, 5) is 66.6. The average molecular weight is 583 g/mol. The van der Waals surface area contributed by atoms with Gasteiger partial charge in [0.2, 0.25) is 5.91 Å². The number of hydrogen-bond acceptors (Lipinski definition) is 9. The van der Waals surface area contributed by atoms with Gasteiger partial charge in [-0.1, -0.05) is 11.6 Å². The minimum absolute atomic E-state index is 0.0950. The Labute approximate surface area is 231 Å². The average Bonchev–Trinajstić information content (AvgIpc) is 3.46. The molecule has 0 radical (unpaired) electrons. The number of halogens is 2. The lowest BCUT2D eigenvalue weighted by Crippen LogP contribution is -2.47. The van der Waals surface area contributed by atoms with Crippen molar-refractivity contribution < 1.29 is 42.9 Å². The molecule has 1 atom stereocenters. The van der Waals surface area contributed by atoms with Gasteiger partial charge in [0.05, 0.1) is 47.7 Å². The Kier molecular flexibility index (Phi) is 8.80. The first-order chi connectivity index (χ1) is 18.5. The number of nitrogens with zero attached hydrogens (tertiary/aromatic N) is 4. The second-order valence-electron chi connectivity index (χ2n) is 8.83. The summed E-state index contributed by atoms with van der Waals surface area (Å²) >= 11 is 6.89. The SMILES string of the molecule is CN(CC(=O)O)CC(=O)N(C[C@H]1CN(c2ccc(N3CCOCC3=O)cc2F)C(=O)O1)C(=O)c1ccc(Cl)s1. The summed E-state index contributed by atoms with van der Waals surface area (Å²) in [6, 6.07) is 6.92.